The van der Waals surface area contributed by atoms with E-state index >= 15 is 0 Å². The van der Waals surface area contributed by atoms with Crippen molar-refractivity contribution in [3.05, 3.63) is 62.5 Å². The topological polar surface area (TPSA) is 74.4 Å². The first-order chi connectivity index (χ1) is 16.9. The third kappa shape index (κ3) is 3.85. The molecule has 7 nitrogen and oxygen atoms in total. The van der Waals surface area contributed by atoms with Crippen LogP contribution in [0.3, 0.4) is 0 Å². The number of ether oxygens (including phenoxy) is 1. The molecule has 1 aromatic carbocycles. The van der Waals surface area contributed by atoms with E-state index in [-0.39, 0.29) is 23.7 Å². The molecule has 4 heterocycles. The predicted octanol–water partition coefficient (Wildman–Crippen LogP) is 4.58. The number of anilines is 1. The van der Waals surface area contributed by atoms with Gasteiger partial charge in [0.25, 0.3) is 5.56 Å². The first-order valence-corrected chi connectivity index (χ1v) is 12.6. The van der Waals surface area contributed by atoms with E-state index in [2.05, 4.69) is 52.9 Å². The highest BCUT2D eigenvalue weighted by molar-refractivity contribution is 6.31. The number of hydrogen-bond donors (Lipinski definition) is 0. The van der Waals surface area contributed by atoms with Crippen molar-refractivity contribution >= 4 is 28.3 Å². The van der Waals surface area contributed by atoms with Gasteiger partial charge in [-0.15, -0.1) is 0 Å². The number of aromatic nitrogens is 2. The molecule has 0 bridgehead atoms. The standard InChI is InChI=1S/C27H30ClN5O2/c1-5-19-13-33-20(14-32(19)22(6-2)17-8-7-16(3)21(28)11-17)15-35-26-25(33)24-23(31(4)27(26)34)10-9-18(12-29)30-24/h7-11,19-20,22H,5-6,13-15H2,1-4H3/t19-,20+,22-/m1/s1. The molecule has 182 valence electrons. The monoisotopic (exact) mass is 491 g/mol. The van der Waals surface area contributed by atoms with Crippen molar-refractivity contribution in [1.82, 2.24) is 14.5 Å². The average Bonchev–Trinajstić information content (AvgIpc) is 2.88. The van der Waals surface area contributed by atoms with Crippen LogP contribution in [0.1, 0.15) is 49.6 Å². The van der Waals surface area contributed by atoms with Crippen molar-refractivity contribution in [2.45, 2.75) is 51.7 Å². The molecule has 1 saturated heterocycles. The van der Waals surface area contributed by atoms with Crippen molar-refractivity contribution in [1.29, 1.82) is 5.26 Å². The number of aryl methyl sites for hydroxylation is 2. The van der Waals surface area contributed by atoms with Crippen LogP contribution in [0.2, 0.25) is 5.02 Å². The van der Waals surface area contributed by atoms with Crippen LogP contribution >= 0.6 is 11.6 Å². The number of benzene rings is 1. The molecule has 0 amide bonds. The van der Waals surface area contributed by atoms with E-state index in [9.17, 15) is 10.1 Å². The molecule has 35 heavy (non-hydrogen) atoms. The number of hydrogen-bond acceptors (Lipinski definition) is 6. The summed E-state index contributed by atoms with van der Waals surface area (Å²) >= 11 is 6.49. The Morgan fingerprint density at radius 2 is 2.06 bits per heavy atom. The molecule has 2 aliphatic heterocycles. The Morgan fingerprint density at radius 1 is 1.26 bits per heavy atom. The van der Waals surface area contributed by atoms with Gasteiger partial charge in [-0.3, -0.25) is 9.69 Å². The summed E-state index contributed by atoms with van der Waals surface area (Å²) in [5, 5.41) is 10.3. The van der Waals surface area contributed by atoms with E-state index in [0.717, 1.165) is 42.2 Å². The molecule has 8 heteroatoms. The summed E-state index contributed by atoms with van der Waals surface area (Å²) in [5.74, 6) is 0.333. The highest BCUT2D eigenvalue weighted by Crippen LogP contribution is 2.41. The number of piperazine rings is 1. The van der Waals surface area contributed by atoms with Crippen LogP contribution in [-0.2, 0) is 7.05 Å². The fourth-order valence-corrected chi connectivity index (χ4v) is 5.81. The Balaban J connectivity index is 1.58. The van der Waals surface area contributed by atoms with Gasteiger partial charge in [0.1, 0.15) is 29.6 Å². The fourth-order valence-electron chi connectivity index (χ4n) is 5.62. The highest BCUT2D eigenvalue weighted by Gasteiger charge is 2.42. The third-order valence-corrected chi connectivity index (χ3v) is 7.98. The van der Waals surface area contributed by atoms with Gasteiger partial charge < -0.3 is 14.2 Å². The molecular formula is C27H30ClN5O2. The molecule has 0 saturated carbocycles. The maximum Gasteiger partial charge on any atom is 0.295 e. The molecule has 3 aromatic rings. The molecular weight excluding hydrogens is 462 g/mol. The maximum atomic E-state index is 13.2. The number of nitriles is 1. The minimum Gasteiger partial charge on any atom is -0.484 e. The summed E-state index contributed by atoms with van der Waals surface area (Å²) in [5.41, 5.74) is 4.53. The summed E-state index contributed by atoms with van der Waals surface area (Å²) in [4.78, 5) is 22.7. The van der Waals surface area contributed by atoms with E-state index in [1.54, 1.807) is 23.7 Å². The summed E-state index contributed by atoms with van der Waals surface area (Å²) in [6, 6.07) is 12.6. The van der Waals surface area contributed by atoms with Crippen molar-refractivity contribution in [2.75, 3.05) is 24.6 Å². The summed E-state index contributed by atoms with van der Waals surface area (Å²) in [6.07, 6.45) is 1.94. The largest absolute Gasteiger partial charge is 0.484 e. The second kappa shape index (κ2) is 9.18. The smallest absolute Gasteiger partial charge is 0.295 e. The first-order valence-electron chi connectivity index (χ1n) is 12.2. The molecule has 1 fully saturated rings. The molecule has 2 aliphatic rings. The number of halogens is 1. The lowest BCUT2D eigenvalue weighted by atomic mass is 9.94. The van der Waals surface area contributed by atoms with Crippen molar-refractivity contribution < 1.29 is 4.74 Å². The lowest BCUT2D eigenvalue weighted by Crippen LogP contribution is -2.62. The van der Waals surface area contributed by atoms with Crippen molar-refractivity contribution in [2.24, 2.45) is 7.05 Å². The molecule has 0 spiro atoms. The molecule has 0 unspecified atom stereocenters. The molecule has 3 atom stereocenters. The Morgan fingerprint density at radius 3 is 2.74 bits per heavy atom. The van der Waals surface area contributed by atoms with E-state index in [0.29, 0.717) is 29.1 Å². The van der Waals surface area contributed by atoms with Crippen LogP contribution in [0.15, 0.2) is 35.1 Å². The van der Waals surface area contributed by atoms with Crippen LogP contribution in [0.4, 0.5) is 5.69 Å². The Kier molecular flexibility index (Phi) is 6.20. The third-order valence-electron chi connectivity index (χ3n) is 7.57. The fraction of sp³-hybridized carbons (Fsp3) is 0.444. The van der Waals surface area contributed by atoms with Crippen LogP contribution < -0.4 is 15.2 Å². The molecule has 0 aliphatic carbocycles. The minimum absolute atomic E-state index is 0.0723. The number of rotatable bonds is 4. The van der Waals surface area contributed by atoms with Crippen molar-refractivity contribution in [3.8, 4) is 11.8 Å². The quantitative estimate of drug-likeness (QED) is 0.531. The maximum absolute atomic E-state index is 13.2. The number of pyridine rings is 2. The highest BCUT2D eigenvalue weighted by atomic mass is 35.5. The SMILES string of the molecule is CC[C@@H]1CN2c3c(c(=O)n(C)c4ccc(C#N)nc34)OC[C@@H]2CN1[C@H](CC)c1ccc(C)c(Cl)c1. The van der Waals surface area contributed by atoms with Gasteiger partial charge in [-0.1, -0.05) is 37.6 Å². The van der Waals surface area contributed by atoms with E-state index in [1.165, 1.54) is 5.56 Å². The first kappa shape index (κ1) is 23.7. The lowest BCUT2D eigenvalue weighted by Gasteiger charge is -2.51. The van der Waals surface area contributed by atoms with Crippen LogP contribution in [0.25, 0.3) is 11.0 Å². The minimum atomic E-state index is -0.173. The molecule has 5 rings (SSSR count). The summed E-state index contributed by atoms with van der Waals surface area (Å²) < 4.78 is 7.67. The predicted molar refractivity (Wildman–Crippen MR) is 138 cm³/mol. The normalized spacial score (nSPS) is 20.6. The van der Waals surface area contributed by atoms with Gasteiger partial charge in [-0.05, 0) is 49.1 Å². The van der Waals surface area contributed by atoms with Gasteiger partial charge in [0.15, 0.2) is 0 Å². The van der Waals surface area contributed by atoms with Gasteiger partial charge in [0.2, 0.25) is 5.75 Å². The second-order valence-corrected chi connectivity index (χ2v) is 9.93. The van der Waals surface area contributed by atoms with E-state index < -0.39 is 0 Å². The Bertz CT molecular complexity index is 1400. The summed E-state index contributed by atoms with van der Waals surface area (Å²) in [6.45, 7) is 8.45. The molecule has 0 N–H and O–H groups in total. The van der Waals surface area contributed by atoms with Gasteiger partial charge in [0, 0.05) is 37.2 Å². The zero-order chi connectivity index (χ0) is 24.9. The van der Waals surface area contributed by atoms with Crippen LogP contribution in [0, 0.1) is 18.3 Å². The molecule has 2 aromatic heterocycles. The molecule has 0 radical (unpaired) electrons. The average molecular weight is 492 g/mol. The van der Waals surface area contributed by atoms with Crippen LogP contribution in [-0.4, -0.2) is 46.2 Å². The van der Waals surface area contributed by atoms with Gasteiger partial charge in [0.05, 0.1) is 11.6 Å². The summed E-state index contributed by atoms with van der Waals surface area (Å²) in [7, 11) is 1.72. The van der Waals surface area contributed by atoms with Crippen LogP contribution in [0.5, 0.6) is 5.75 Å². The van der Waals surface area contributed by atoms with E-state index in [4.69, 9.17) is 16.3 Å². The zero-order valence-corrected chi connectivity index (χ0v) is 21.3. The van der Waals surface area contributed by atoms with Gasteiger partial charge in [-0.2, -0.15) is 5.26 Å². The number of nitrogens with zero attached hydrogens (tertiary/aromatic N) is 5. The Labute approximate surface area is 210 Å². The van der Waals surface area contributed by atoms with Gasteiger partial charge >= 0.3 is 0 Å². The lowest BCUT2D eigenvalue weighted by molar-refractivity contribution is 0.0720. The second-order valence-electron chi connectivity index (χ2n) is 9.53. The van der Waals surface area contributed by atoms with Crippen molar-refractivity contribution in [3.63, 3.8) is 0 Å². The van der Waals surface area contributed by atoms with E-state index in [1.807, 2.05) is 6.92 Å². The Hall–Kier alpha value is -3.08. The number of fused-ring (bicyclic) bond motifs is 5. The van der Waals surface area contributed by atoms with Gasteiger partial charge in [-0.25, -0.2) is 4.98 Å². The zero-order valence-electron chi connectivity index (χ0n) is 20.6.